The predicted octanol–water partition coefficient (Wildman–Crippen LogP) is -0.238. The van der Waals surface area contributed by atoms with Crippen molar-refractivity contribution >= 4 is 10.2 Å². The van der Waals surface area contributed by atoms with Crippen LogP contribution in [-0.2, 0) is 10.2 Å². The Morgan fingerprint density at radius 1 is 1.05 bits per heavy atom. The van der Waals surface area contributed by atoms with Crippen molar-refractivity contribution in [3.63, 3.8) is 0 Å². The zero-order valence-corrected chi connectivity index (χ0v) is 12.7. The Kier molecular flexibility index (Phi) is 4.33. The number of hydrogen-bond acceptors (Lipinski definition) is 4. The molecule has 1 unspecified atom stereocenters. The van der Waals surface area contributed by atoms with Gasteiger partial charge in [-0.05, 0) is 38.0 Å². The van der Waals surface area contributed by atoms with Gasteiger partial charge in [0.1, 0.15) is 0 Å². The van der Waals surface area contributed by atoms with Crippen LogP contribution in [-0.4, -0.2) is 67.6 Å². The fourth-order valence-corrected chi connectivity index (χ4v) is 4.73. The van der Waals surface area contributed by atoms with Crippen LogP contribution in [0.1, 0.15) is 32.1 Å². The summed E-state index contributed by atoms with van der Waals surface area (Å²) in [4.78, 5) is 2.41. The molecule has 2 heterocycles. The molecule has 0 amide bonds. The first-order valence-electron chi connectivity index (χ1n) is 7.71. The van der Waals surface area contributed by atoms with Gasteiger partial charge in [-0.3, -0.25) is 4.90 Å². The van der Waals surface area contributed by atoms with Gasteiger partial charge in [0.05, 0.1) is 0 Å². The molecule has 7 heteroatoms. The van der Waals surface area contributed by atoms with Gasteiger partial charge in [0, 0.05) is 44.9 Å². The van der Waals surface area contributed by atoms with Crippen LogP contribution in [0.2, 0.25) is 0 Å². The minimum Gasteiger partial charge on any atom is -0.396 e. The second-order valence-electron chi connectivity index (χ2n) is 6.36. The summed E-state index contributed by atoms with van der Waals surface area (Å²) in [6.45, 7) is 3.10. The summed E-state index contributed by atoms with van der Waals surface area (Å²) in [7, 11) is -3.35. The van der Waals surface area contributed by atoms with Crippen molar-refractivity contribution in [1.82, 2.24) is 13.9 Å². The number of hydrogen-bond donors (Lipinski definition) is 2. The van der Waals surface area contributed by atoms with E-state index in [1.165, 1.54) is 12.8 Å². The van der Waals surface area contributed by atoms with Crippen molar-refractivity contribution in [1.29, 1.82) is 0 Å². The van der Waals surface area contributed by atoms with E-state index in [2.05, 4.69) is 9.62 Å². The quantitative estimate of drug-likeness (QED) is 0.735. The lowest BCUT2D eigenvalue weighted by Crippen LogP contribution is -2.49. The average Bonchev–Trinajstić information content (AvgIpc) is 3.20. The van der Waals surface area contributed by atoms with Gasteiger partial charge >= 0.3 is 0 Å². The van der Waals surface area contributed by atoms with E-state index in [0.717, 1.165) is 32.4 Å². The monoisotopic (exact) mass is 303 g/mol. The third-order valence-electron chi connectivity index (χ3n) is 4.77. The third kappa shape index (κ3) is 3.33. The highest BCUT2D eigenvalue weighted by atomic mass is 32.2. The normalized spacial score (nSPS) is 30.9. The van der Waals surface area contributed by atoms with E-state index in [1.54, 1.807) is 4.31 Å². The van der Waals surface area contributed by atoms with E-state index in [0.29, 0.717) is 19.1 Å². The molecule has 0 bridgehead atoms. The molecular formula is C13H25N3O3S. The van der Waals surface area contributed by atoms with Crippen LogP contribution >= 0.6 is 0 Å². The predicted molar refractivity (Wildman–Crippen MR) is 76.4 cm³/mol. The Morgan fingerprint density at radius 2 is 1.75 bits per heavy atom. The third-order valence-corrected chi connectivity index (χ3v) is 6.45. The fraction of sp³-hybridized carbons (Fsp3) is 1.00. The minimum absolute atomic E-state index is 0.0659. The molecule has 0 aromatic heterocycles. The smallest absolute Gasteiger partial charge is 0.279 e. The number of aliphatic hydroxyl groups excluding tert-OH is 1. The van der Waals surface area contributed by atoms with Crippen molar-refractivity contribution in [2.45, 2.75) is 44.2 Å². The number of nitrogens with zero attached hydrogens (tertiary/aromatic N) is 2. The molecule has 1 aliphatic carbocycles. The standard InChI is InChI=1S/C13H25N3O3S/c17-10-11-3-7-16(8-4-11)20(18,19)14-12-5-6-15(9-12)13-1-2-13/h11-14,17H,1-10H2. The molecule has 3 fully saturated rings. The van der Waals surface area contributed by atoms with Crippen LogP contribution in [0.4, 0.5) is 0 Å². The number of nitrogens with one attached hydrogen (secondary N) is 1. The zero-order chi connectivity index (χ0) is 14.2. The molecule has 1 saturated carbocycles. The molecule has 6 nitrogen and oxygen atoms in total. The van der Waals surface area contributed by atoms with Gasteiger partial charge in [0.2, 0.25) is 0 Å². The van der Waals surface area contributed by atoms with E-state index in [4.69, 9.17) is 5.11 Å². The van der Waals surface area contributed by atoms with Crippen molar-refractivity contribution < 1.29 is 13.5 Å². The second kappa shape index (κ2) is 5.88. The first kappa shape index (κ1) is 14.7. The van der Waals surface area contributed by atoms with Gasteiger partial charge < -0.3 is 5.11 Å². The van der Waals surface area contributed by atoms with Crippen LogP contribution < -0.4 is 4.72 Å². The molecule has 3 rings (SSSR count). The summed E-state index contributed by atoms with van der Waals surface area (Å²) < 4.78 is 29.1. The second-order valence-corrected chi connectivity index (χ2v) is 8.06. The highest BCUT2D eigenvalue weighted by Crippen LogP contribution is 2.30. The highest BCUT2D eigenvalue weighted by Gasteiger charge is 2.37. The zero-order valence-electron chi connectivity index (χ0n) is 11.9. The summed E-state index contributed by atoms with van der Waals surface area (Å²) in [6.07, 6.45) is 4.98. The highest BCUT2D eigenvalue weighted by molar-refractivity contribution is 7.87. The SMILES string of the molecule is O=S(=O)(NC1CCN(C2CC2)C1)N1CCC(CO)CC1. The Labute approximate surface area is 121 Å². The van der Waals surface area contributed by atoms with Crippen molar-refractivity contribution in [2.24, 2.45) is 5.92 Å². The lowest BCUT2D eigenvalue weighted by atomic mass is 10.00. The number of likely N-dealkylation sites (tertiary alicyclic amines) is 1. The van der Waals surface area contributed by atoms with Gasteiger partial charge in [-0.25, -0.2) is 0 Å². The lowest BCUT2D eigenvalue weighted by Gasteiger charge is -2.31. The van der Waals surface area contributed by atoms with E-state index in [1.807, 2.05) is 0 Å². The summed E-state index contributed by atoms with van der Waals surface area (Å²) in [5.41, 5.74) is 0. The Morgan fingerprint density at radius 3 is 2.35 bits per heavy atom. The van der Waals surface area contributed by atoms with Gasteiger partial charge in [0.25, 0.3) is 10.2 Å². The number of aliphatic hydroxyl groups is 1. The van der Waals surface area contributed by atoms with E-state index >= 15 is 0 Å². The maximum Gasteiger partial charge on any atom is 0.279 e. The van der Waals surface area contributed by atoms with Crippen LogP contribution in [0.15, 0.2) is 0 Å². The first-order chi connectivity index (χ1) is 9.58. The lowest BCUT2D eigenvalue weighted by molar-refractivity contribution is 0.169. The summed E-state index contributed by atoms with van der Waals surface area (Å²) in [6, 6.07) is 0.779. The Hall–Kier alpha value is -0.210. The molecule has 2 N–H and O–H groups in total. The van der Waals surface area contributed by atoms with Gasteiger partial charge in [-0.2, -0.15) is 17.4 Å². The molecule has 0 aromatic carbocycles. The molecule has 116 valence electrons. The fourth-order valence-electron chi connectivity index (χ4n) is 3.27. The topological polar surface area (TPSA) is 72.9 Å². The molecule has 20 heavy (non-hydrogen) atoms. The van der Waals surface area contributed by atoms with E-state index in [9.17, 15) is 8.42 Å². The summed E-state index contributed by atoms with van der Waals surface area (Å²) >= 11 is 0. The van der Waals surface area contributed by atoms with Crippen molar-refractivity contribution in [3.05, 3.63) is 0 Å². The van der Waals surface area contributed by atoms with Crippen LogP contribution in [0.5, 0.6) is 0 Å². The molecule has 0 aromatic rings. The minimum atomic E-state index is -3.35. The molecule has 3 aliphatic rings. The molecule has 2 aliphatic heterocycles. The van der Waals surface area contributed by atoms with Crippen molar-refractivity contribution in [3.8, 4) is 0 Å². The first-order valence-corrected chi connectivity index (χ1v) is 9.15. The van der Waals surface area contributed by atoms with Crippen molar-refractivity contribution in [2.75, 3.05) is 32.8 Å². The van der Waals surface area contributed by atoms with Gasteiger partial charge in [-0.15, -0.1) is 0 Å². The van der Waals surface area contributed by atoms with Crippen LogP contribution in [0, 0.1) is 5.92 Å². The molecule has 1 atom stereocenters. The van der Waals surface area contributed by atoms with E-state index in [-0.39, 0.29) is 18.6 Å². The molecule has 0 radical (unpaired) electrons. The molecular weight excluding hydrogens is 278 g/mol. The molecule has 2 saturated heterocycles. The van der Waals surface area contributed by atoms with Crippen LogP contribution in [0.3, 0.4) is 0 Å². The summed E-state index contributed by atoms with van der Waals surface area (Å²) in [5, 5.41) is 9.11. The van der Waals surface area contributed by atoms with Gasteiger partial charge in [0.15, 0.2) is 0 Å². The average molecular weight is 303 g/mol. The molecule has 0 spiro atoms. The number of piperidine rings is 1. The van der Waals surface area contributed by atoms with Crippen LogP contribution in [0.25, 0.3) is 0 Å². The largest absolute Gasteiger partial charge is 0.396 e. The van der Waals surface area contributed by atoms with Gasteiger partial charge in [-0.1, -0.05) is 0 Å². The Bertz CT molecular complexity index is 430. The summed E-state index contributed by atoms with van der Waals surface area (Å²) in [5.74, 6) is 0.262. The maximum atomic E-state index is 12.4. The van der Waals surface area contributed by atoms with E-state index < -0.39 is 10.2 Å². The maximum absolute atomic E-state index is 12.4. The Balaban J connectivity index is 1.51. The number of rotatable bonds is 5.